The third-order valence-electron chi connectivity index (χ3n) is 4.63. The van der Waals surface area contributed by atoms with Gasteiger partial charge in [0.25, 0.3) is 0 Å². The minimum atomic E-state index is -1.44. The molecule has 0 N–H and O–H groups in total. The molecule has 0 amide bonds. The van der Waals surface area contributed by atoms with Gasteiger partial charge in [-0.15, -0.1) is 0 Å². The molecule has 0 atom stereocenters. The van der Waals surface area contributed by atoms with Crippen LogP contribution in [-0.4, -0.2) is 15.2 Å². The standard InChI is InChI=1S/C17H30OSi/c1-7-8-13-19(14(2)3,15(4)5)17-11-9-16(18-6)10-12-17/h9-12,14-15H,7-8,13H2,1-6H3. The number of rotatable bonds is 7. The number of hydrogen-bond acceptors (Lipinski definition) is 1. The van der Waals surface area contributed by atoms with E-state index in [2.05, 4.69) is 58.9 Å². The Bertz CT molecular complexity index is 359. The topological polar surface area (TPSA) is 9.23 Å². The fourth-order valence-electron chi connectivity index (χ4n) is 3.43. The number of methoxy groups -OCH3 is 1. The second-order valence-corrected chi connectivity index (χ2v) is 11.6. The molecule has 0 saturated heterocycles. The molecule has 0 aromatic heterocycles. The van der Waals surface area contributed by atoms with Crippen molar-refractivity contribution >= 4 is 13.3 Å². The van der Waals surface area contributed by atoms with Crippen molar-refractivity contribution in [3.8, 4) is 5.75 Å². The van der Waals surface area contributed by atoms with E-state index in [1.165, 1.54) is 18.9 Å². The van der Waals surface area contributed by atoms with Crippen LogP contribution in [0.5, 0.6) is 5.75 Å². The quantitative estimate of drug-likeness (QED) is 0.640. The molecule has 0 heterocycles. The Morgan fingerprint density at radius 1 is 1.00 bits per heavy atom. The van der Waals surface area contributed by atoms with E-state index in [0.717, 1.165) is 16.8 Å². The predicted octanol–water partition coefficient (Wildman–Crippen LogP) is 4.97. The summed E-state index contributed by atoms with van der Waals surface area (Å²) in [5.41, 5.74) is 1.57. The highest BCUT2D eigenvalue weighted by atomic mass is 28.3. The summed E-state index contributed by atoms with van der Waals surface area (Å²) in [6.07, 6.45) is 2.65. The molecule has 1 aromatic carbocycles. The van der Waals surface area contributed by atoms with Gasteiger partial charge in [-0.05, 0) is 23.2 Å². The molecule has 0 spiro atoms. The van der Waals surface area contributed by atoms with Gasteiger partial charge in [-0.25, -0.2) is 0 Å². The second kappa shape index (κ2) is 7.13. The Kier molecular flexibility index (Phi) is 6.12. The molecule has 0 aliphatic rings. The van der Waals surface area contributed by atoms with Crippen LogP contribution >= 0.6 is 0 Å². The zero-order valence-electron chi connectivity index (χ0n) is 13.5. The van der Waals surface area contributed by atoms with Crippen molar-refractivity contribution in [2.24, 2.45) is 0 Å². The van der Waals surface area contributed by atoms with E-state index in [4.69, 9.17) is 4.74 Å². The summed E-state index contributed by atoms with van der Waals surface area (Å²) in [4.78, 5) is 0. The molecule has 108 valence electrons. The Labute approximate surface area is 120 Å². The van der Waals surface area contributed by atoms with Crippen molar-refractivity contribution in [2.75, 3.05) is 7.11 Å². The van der Waals surface area contributed by atoms with Crippen LogP contribution in [-0.2, 0) is 0 Å². The molecule has 0 bridgehead atoms. The van der Waals surface area contributed by atoms with Crippen LogP contribution in [0.3, 0.4) is 0 Å². The van der Waals surface area contributed by atoms with Gasteiger partial charge in [0.2, 0.25) is 0 Å². The van der Waals surface area contributed by atoms with E-state index in [-0.39, 0.29) is 0 Å². The normalized spacial score (nSPS) is 12.2. The smallest absolute Gasteiger partial charge is 0.118 e. The predicted molar refractivity (Wildman–Crippen MR) is 88.3 cm³/mol. The first-order valence-corrected chi connectivity index (χ1v) is 9.99. The minimum Gasteiger partial charge on any atom is -0.497 e. The van der Waals surface area contributed by atoms with E-state index in [1.807, 2.05) is 0 Å². The van der Waals surface area contributed by atoms with Gasteiger partial charge in [-0.1, -0.05) is 70.8 Å². The highest BCUT2D eigenvalue weighted by Gasteiger charge is 2.40. The lowest BCUT2D eigenvalue weighted by atomic mass is 10.3. The fourth-order valence-corrected chi connectivity index (χ4v) is 9.26. The zero-order valence-corrected chi connectivity index (χ0v) is 14.5. The van der Waals surface area contributed by atoms with Crippen LogP contribution in [0.4, 0.5) is 0 Å². The first-order chi connectivity index (χ1) is 8.98. The molecule has 1 rings (SSSR count). The third kappa shape index (κ3) is 3.41. The number of unbranched alkanes of at least 4 members (excludes halogenated alkanes) is 1. The first-order valence-electron chi connectivity index (χ1n) is 7.63. The fraction of sp³-hybridized carbons (Fsp3) is 0.647. The van der Waals surface area contributed by atoms with Gasteiger partial charge >= 0.3 is 0 Å². The molecule has 2 heteroatoms. The Hall–Kier alpha value is -0.763. The Balaban J connectivity index is 3.19. The molecule has 0 radical (unpaired) electrons. The van der Waals surface area contributed by atoms with E-state index >= 15 is 0 Å². The summed E-state index contributed by atoms with van der Waals surface area (Å²) in [6, 6.07) is 10.3. The summed E-state index contributed by atoms with van der Waals surface area (Å²) in [6.45, 7) is 12.0. The van der Waals surface area contributed by atoms with Gasteiger partial charge in [-0.3, -0.25) is 0 Å². The van der Waals surface area contributed by atoms with Gasteiger partial charge in [0.1, 0.15) is 5.75 Å². The summed E-state index contributed by atoms with van der Waals surface area (Å²) in [5.74, 6) is 0.967. The number of benzene rings is 1. The van der Waals surface area contributed by atoms with Gasteiger partial charge < -0.3 is 4.74 Å². The lowest BCUT2D eigenvalue weighted by molar-refractivity contribution is 0.415. The lowest BCUT2D eigenvalue weighted by Crippen LogP contribution is -2.52. The van der Waals surface area contributed by atoms with Crippen molar-refractivity contribution < 1.29 is 4.74 Å². The van der Waals surface area contributed by atoms with Crippen LogP contribution < -0.4 is 9.92 Å². The summed E-state index contributed by atoms with van der Waals surface area (Å²) in [5, 5.41) is 1.60. The maximum atomic E-state index is 5.30. The van der Waals surface area contributed by atoms with Crippen LogP contribution in [0, 0.1) is 0 Å². The number of ether oxygens (including phenoxy) is 1. The average Bonchev–Trinajstić information content (AvgIpc) is 2.39. The largest absolute Gasteiger partial charge is 0.497 e. The molecule has 0 fully saturated rings. The van der Waals surface area contributed by atoms with Crippen LogP contribution in [0.25, 0.3) is 0 Å². The molecular formula is C17H30OSi. The van der Waals surface area contributed by atoms with E-state index in [9.17, 15) is 0 Å². The van der Waals surface area contributed by atoms with Crippen LogP contribution in [0.1, 0.15) is 47.5 Å². The van der Waals surface area contributed by atoms with Gasteiger partial charge in [0.05, 0.1) is 15.2 Å². The lowest BCUT2D eigenvalue weighted by Gasteiger charge is -2.40. The summed E-state index contributed by atoms with van der Waals surface area (Å²) in [7, 11) is 0.299. The monoisotopic (exact) mass is 278 g/mol. The van der Waals surface area contributed by atoms with E-state index < -0.39 is 8.07 Å². The van der Waals surface area contributed by atoms with Crippen molar-refractivity contribution in [1.82, 2.24) is 0 Å². The molecular weight excluding hydrogens is 248 g/mol. The molecule has 0 saturated carbocycles. The zero-order chi connectivity index (χ0) is 14.5. The highest BCUT2D eigenvalue weighted by Crippen LogP contribution is 2.37. The molecule has 1 aromatic rings. The van der Waals surface area contributed by atoms with Crippen LogP contribution in [0.2, 0.25) is 17.1 Å². The molecule has 0 aliphatic heterocycles. The molecule has 1 nitrogen and oxygen atoms in total. The highest BCUT2D eigenvalue weighted by molar-refractivity contribution is 6.94. The van der Waals surface area contributed by atoms with E-state index in [1.54, 1.807) is 12.3 Å². The van der Waals surface area contributed by atoms with Crippen molar-refractivity contribution in [2.45, 2.75) is 64.6 Å². The Morgan fingerprint density at radius 2 is 1.53 bits per heavy atom. The SMILES string of the molecule is CCCC[Si](c1ccc(OC)cc1)(C(C)C)C(C)C. The average molecular weight is 279 g/mol. The van der Waals surface area contributed by atoms with Crippen molar-refractivity contribution in [1.29, 1.82) is 0 Å². The maximum Gasteiger partial charge on any atom is 0.118 e. The van der Waals surface area contributed by atoms with Crippen molar-refractivity contribution in [3.63, 3.8) is 0 Å². The van der Waals surface area contributed by atoms with Crippen LogP contribution in [0.15, 0.2) is 24.3 Å². The first kappa shape index (κ1) is 16.3. The Morgan fingerprint density at radius 3 is 1.89 bits per heavy atom. The minimum absolute atomic E-state index is 0.785. The van der Waals surface area contributed by atoms with E-state index in [0.29, 0.717) is 0 Å². The van der Waals surface area contributed by atoms with Gasteiger partial charge in [0.15, 0.2) is 0 Å². The van der Waals surface area contributed by atoms with Gasteiger partial charge in [-0.2, -0.15) is 0 Å². The molecule has 0 unspecified atom stereocenters. The summed E-state index contributed by atoms with van der Waals surface area (Å²) >= 11 is 0. The second-order valence-electron chi connectivity index (χ2n) is 6.18. The number of hydrogen-bond donors (Lipinski definition) is 0. The summed E-state index contributed by atoms with van der Waals surface area (Å²) < 4.78 is 5.30. The van der Waals surface area contributed by atoms with Gasteiger partial charge in [0, 0.05) is 0 Å². The maximum absolute atomic E-state index is 5.30. The molecule has 0 aliphatic carbocycles. The molecule has 19 heavy (non-hydrogen) atoms. The van der Waals surface area contributed by atoms with Crippen molar-refractivity contribution in [3.05, 3.63) is 24.3 Å². The third-order valence-corrected chi connectivity index (χ3v) is 11.3.